The molecule has 2 N–H and O–H groups in total. The van der Waals surface area contributed by atoms with Crippen molar-refractivity contribution in [2.45, 2.75) is 26.3 Å². The molecule has 0 spiro atoms. The van der Waals surface area contributed by atoms with Crippen molar-refractivity contribution in [3.8, 4) is 5.75 Å². The van der Waals surface area contributed by atoms with Crippen LogP contribution in [0.1, 0.15) is 36.6 Å². The van der Waals surface area contributed by atoms with Crippen molar-refractivity contribution >= 4 is 0 Å². The van der Waals surface area contributed by atoms with E-state index in [0.29, 0.717) is 5.92 Å². The van der Waals surface area contributed by atoms with Crippen LogP contribution in [-0.2, 0) is 6.42 Å². The van der Waals surface area contributed by atoms with Gasteiger partial charge in [-0.15, -0.1) is 0 Å². The first-order valence-electron chi connectivity index (χ1n) is 7.19. The first-order valence-corrected chi connectivity index (χ1v) is 7.19. The maximum atomic E-state index is 13.8. The van der Waals surface area contributed by atoms with Crippen LogP contribution in [0.25, 0.3) is 0 Å². The third-order valence-corrected chi connectivity index (χ3v) is 3.52. The minimum absolute atomic E-state index is 0.234. The minimum Gasteiger partial charge on any atom is -0.494 e. The number of benzene rings is 2. The molecule has 0 saturated heterocycles. The summed E-state index contributed by atoms with van der Waals surface area (Å²) in [7, 11) is 1.45. The summed E-state index contributed by atoms with van der Waals surface area (Å²) in [4.78, 5) is 0. The Balaban J connectivity index is 2.19. The van der Waals surface area contributed by atoms with Gasteiger partial charge >= 0.3 is 0 Å². The van der Waals surface area contributed by atoms with Crippen LogP contribution in [-0.4, -0.2) is 7.11 Å². The molecule has 2 nitrogen and oxygen atoms in total. The molecule has 0 aromatic heterocycles. The van der Waals surface area contributed by atoms with Crippen LogP contribution in [0.5, 0.6) is 5.75 Å². The Morgan fingerprint density at radius 3 is 2.19 bits per heavy atom. The summed E-state index contributed by atoms with van der Waals surface area (Å²) in [6.45, 7) is 4.39. The predicted octanol–water partition coefficient (Wildman–Crippen LogP) is 4.08. The lowest BCUT2D eigenvalue weighted by Gasteiger charge is -2.14. The van der Waals surface area contributed by atoms with Gasteiger partial charge in [0.2, 0.25) is 0 Å². The smallest absolute Gasteiger partial charge is 0.165 e. The number of halogens is 1. The number of ether oxygens (including phenoxy) is 1. The Bertz CT molecular complexity index is 593. The van der Waals surface area contributed by atoms with Crippen molar-refractivity contribution in [1.82, 2.24) is 0 Å². The van der Waals surface area contributed by atoms with E-state index in [1.165, 1.54) is 18.7 Å². The second kappa shape index (κ2) is 6.72. The molecule has 0 aliphatic carbocycles. The molecule has 3 heteroatoms. The quantitative estimate of drug-likeness (QED) is 0.899. The van der Waals surface area contributed by atoms with Gasteiger partial charge in [0.05, 0.1) is 13.2 Å². The van der Waals surface area contributed by atoms with E-state index in [0.717, 1.165) is 17.5 Å². The zero-order valence-electron chi connectivity index (χ0n) is 12.8. The molecule has 0 heterocycles. The van der Waals surface area contributed by atoms with Crippen LogP contribution in [0.2, 0.25) is 0 Å². The topological polar surface area (TPSA) is 35.2 Å². The third kappa shape index (κ3) is 3.82. The van der Waals surface area contributed by atoms with Gasteiger partial charge in [0.25, 0.3) is 0 Å². The van der Waals surface area contributed by atoms with Gasteiger partial charge in [-0.2, -0.15) is 0 Å². The molecule has 1 atom stereocenters. The summed E-state index contributed by atoms with van der Waals surface area (Å²) in [5, 5.41) is 0. The molecular weight excluding hydrogens is 265 g/mol. The molecule has 0 aliphatic heterocycles. The third-order valence-electron chi connectivity index (χ3n) is 3.52. The molecule has 0 fully saturated rings. The van der Waals surface area contributed by atoms with Crippen LogP contribution >= 0.6 is 0 Å². The highest BCUT2D eigenvalue weighted by atomic mass is 19.1. The van der Waals surface area contributed by atoms with E-state index in [4.69, 9.17) is 10.5 Å². The monoisotopic (exact) mass is 287 g/mol. The zero-order chi connectivity index (χ0) is 15.4. The Kier molecular flexibility index (Phi) is 4.97. The van der Waals surface area contributed by atoms with Crippen LogP contribution in [0.4, 0.5) is 4.39 Å². The fraction of sp³-hybridized carbons (Fsp3) is 0.333. The van der Waals surface area contributed by atoms with Crippen molar-refractivity contribution < 1.29 is 9.13 Å². The van der Waals surface area contributed by atoms with Gasteiger partial charge in [0.1, 0.15) is 0 Å². The number of nitrogens with two attached hydrogens (primary N) is 1. The molecule has 0 bridgehead atoms. The van der Waals surface area contributed by atoms with Gasteiger partial charge in [-0.25, -0.2) is 4.39 Å². The maximum absolute atomic E-state index is 13.8. The van der Waals surface area contributed by atoms with Crippen molar-refractivity contribution in [1.29, 1.82) is 0 Å². The normalized spacial score (nSPS) is 12.5. The van der Waals surface area contributed by atoms with Crippen LogP contribution in [0.15, 0.2) is 42.5 Å². The lowest BCUT2D eigenvalue weighted by atomic mass is 9.96. The molecule has 2 aromatic carbocycles. The van der Waals surface area contributed by atoms with Crippen molar-refractivity contribution in [2.24, 2.45) is 11.7 Å². The summed E-state index contributed by atoms with van der Waals surface area (Å²) in [6, 6.07) is 12.7. The van der Waals surface area contributed by atoms with Crippen molar-refractivity contribution in [3.63, 3.8) is 0 Å². The highest BCUT2D eigenvalue weighted by Gasteiger charge is 2.12. The molecule has 0 saturated carbocycles. The zero-order valence-corrected chi connectivity index (χ0v) is 12.8. The Morgan fingerprint density at radius 2 is 1.67 bits per heavy atom. The molecule has 0 aliphatic rings. The van der Waals surface area contributed by atoms with Crippen molar-refractivity contribution in [3.05, 3.63) is 65.0 Å². The van der Waals surface area contributed by atoms with Crippen molar-refractivity contribution in [2.75, 3.05) is 7.11 Å². The van der Waals surface area contributed by atoms with Crippen LogP contribution in [0.3, 0.4) is 0 Å². The highest BCUT2D eigenvalue weighted by molar-refractivity contribution is 5.37. The lowest BCUT2D eigenvalue weighted by Crippen LogP contribution is -2.12. The maximum Gasteiger partial charge on any atom is 0.165 e. The summed E-state index contributed by atoms with van der Waals surface area (Å²) < 4.78 is 18.7. The summed E-state index contributed by atoms with van der Waals surface area (Å²) in [5.41, 5.74) is 9.23. The van der Waals surface area contributed by atoms with Gasteiger partial charge in [0.15, 0.2) is 11.6 Å². The van der Waals surface area contributed by atoms with Crippen LogP contribution < -0.4 is 10.5 Å². The Hall–Kier alpha value is -1.87. The lowest BCUT2D eigenvalue weighted by molar-refractivity contribution is 0.386. The molecule has 21 heavy (non-hydrogen) atoms. The first-order chi connectivity index (χ1) is 10.0. The van der Waals surface area contributed by atoms with Gasteiger partial charge in [-0.05, 0) is 41.2 Å². The second-order valence-electron chi connectivity index (χ2n) is 5.71. The van der Waals surface area contributed by atoms with E-state index < -0.39 is 0 Å². The van der Waals surface area contributed by atoms with Gasteiger partial charge < -0.3 is 10.5 Å². The molecule has 112 valence electrons. The Labute approximate surface area is 125 Å². The largest absolute Gasteiger partial charge is 0.494 e. The van der Waals surface area contributed by atoms with Gasteiger partial charge in [-0.3, -0.25) is 0 Å². The summed E-state index contributed by atoms with van der Waals surface area (Å²) in [6.07, 6.45) is 1.05. The van der Waals surface area contributed by atoms with E-state index in [1.807, 2.05) is 12.1 Å². The predicted molar refractivity (Wildman–Crippen MR) is 84.0 cm³/mol. The fourth-order valence-electron chi connectivity index (χ4n) is 2.40. The van der Waals surface area contributed by atoms with Gasteiger partial charge in [0, 0.05) is 0 Å². The fourth-order valence-corrected chi connectivity index (χ4v) is 2.40. The standard InChI is InChI=1S/C18H22FNO/c1-12(2)10-13-4-6-14(7-5-13)18(20)15-8-9-17(21-3)16(19)11-15/h4-9,11-12,18H,10,20H2,1-3H3. The average Bonchev–Trinajstić information content (AvgIpc) is 2.46. The highest BCUT2D eigenvalue weighted by Crippen LogP contribution is 2.25. The van der Waals surface area contributed by atoms with E-state index in [1.54, 1.807) is 12.1 Å². The van der Waals surface area contributed by atoms with E-state index in [9.17, 15) is 4.39 Å². The van der Waals surface area contributed by atoms with E-state index in [-0.39, 0.29) is 17.6 Å². The van der Waals surface area contributed by atoms with Crippen LogP contribution in [0, 0.1) is 11.7 Å². The number of hydrogen-bond acceptors (Lipinski definition) is 2. The molecule has 2 rings (SSSR count). The summed E-state index contributed by atoms with van der Waals surface area (Å²) >= 11 is 0. The second-order valence-corrected chi connectivity index (χ2v) is 5.71. The molecule has 0 amide bonds. The molecule has 0 radical (unpaired) electrons. The molecule has 2 aromatic rings. The SMILES string of the molecule is COc1ccc(C(N)c2ccc(CC(C)C)cc2)cc1F. The minimum atomic E-state index is -0.387. The van der Waals surface area contributed by atoms with E-state index >= 15 is 0 Å². The van der Waals surface area contributed by atoms with Gasteiger partial charge in [-0.1, -0.05) is 44.2 Å². The summed E-state index contributed by atoms with van der Waals surface area (Å²) in [5.74, 6) is 0.473. The average molecular weight is 287 g/mol. The number of rotatable bonds is 5. The Morgan fingerprint density at radius 1 is 1.05 bits per heavy atom. The molecular formula is C18H22FNO. The number of hydrogen-bond donors (Lipinski definition) is 1. The molecule has 1 unspecified atom stereocenters. The number of methoxy groups -OCH3 is 1. The van der Waals surface area contributed by atoms with E-state index in [2.05, 4.69) is 26.0 Å². The first kappa shape index (κ1) is 15.5.